The summed E-state index contributed by atoms with van der Waals surface area (Å²) in [6.07, 6.45) is 0. The lowest BCUT2D eigenvalue weighted by molar-refractivity contribution is 0.456. The lowest BCUT2D eigenvalue weighted by atomic mass is 10.2. The highest BCUT2D eigenvalue weighted by atomic mass is 79.9. The first-order valence-corrected chi connectivity index (χ1v) is 9.48. The van der Waals surface area contributed by atoms with E-state index in [0.717, 1.165) is 9.18 Å². The molecule has 0 aliphatic heterocycles. The molecule has 21 heavy (non-hydrogen) atoms. The fourth-order valence-corrected chi connectivity index (χ4v) is 5.63. The SMILES string of the molecule is CN(Cc1ccccc1F)S(=O)(=O)c1cc(CCl)sc1Br. The Hall–Kier alpha value is -0.470. The van der Waals surface area contributed by atoms with Gasteiger partial charge in [-0.05, 0) is 28.1 Å². The monoisotopic (exact) mass is 411 g/mol. The Morgan fingerprint density at radius 1 is 1.38 bits per heavy atom. The van der Waals surface area contributed by atoms with Crippen molar-refractivity contribution >= 4 is 48.9 Å². The average molecular weight is 413 g/mol. The number of halogens is 3. The van der Waals surface area contributed by atoms with Gasteiger partial charge in [-0.25, -0.2) is 12.8 Å². The van der Waals surface area contributed by atoms with E-state index >= 15 is 0 Å². The highest BCUT2D eigenvalue weighted by molar-refractivity contribution is 9.11. The van der Waals surface area contributed by atoms with Crippen LogP contribution in [0.15, 0.2) is 39.0 Å². The van der Waals surface area contributed by atoms with Crippen LogP contribution in [0.3, 0.4) is 0 Å². The zero-order chi connectivity index (χ0) is 15.6. The third-order valence-corrected chi connectivity index (χ3v) is 7.38. The van der Waals surface area contributed by atoms with Gasteiger partial charge in [0, 0.05) is 24.0 Å². The Labute approximate surface area is 140 Å². The lowest BCUT2D eigenvalue weighted by Crippen LogP contribution is -2.26. The van der Waals surface area contributed by atoms with Gasteiger partial charge in [0.2, 0.25) is 10.0 Å². The van der Waals surface area contributed by atoms with E-state index in [2.05, 4.69) is 15.9 Å². The molecular weight excluding hydrogens is 401 g/mol. The topological polar surface area (TPSA) is 37.4 Å². The molecule has 0 amide bonds. The predicted molar refractivity (Wildman–Crippen MR) is 86.6 cm³/mol. The van der Waals surface area contributed by atoms with Crippen LogP contribution in [0, 0.1) is 5.82 Å². The summed E-state index contributed by atoms with van der Waals surface area (Å²) in [5, 5.41) is 0. The van der Waals surface area contributed by atoms with Gasteiger partial charge in [-0.1, -0.05) is 18.2 Å². The maximum absolute atomic E-state index is 13.6. The van der Waals surface area contributed by atoms with Crippen LogP contribution in [0.25, 0.3) is 0 Å². The van der Waals surface area contributed by atoms with Gasteiger partial charge in [-0.3, -0.25) is 0 Å². The van der Waals surface area contributed by atoms with Gasteiger partial charge in [-0.2, -0.15) is 4.31 Å². The van der Waals surface area contributed by atoms with E-state index in [1.54, 1.807) is 18.2 Å². The summed E-state index contributed by atoms with van der Waals surface area (Å²) >= 11 is 10.2. The Morgan fingerprint density at radius 2 is 2.05 bits per heavy atom. The minimum atomic E-state index is -3.70. The summed E-state index contributed by atoms with van der Waals surface area (Å²) < 4.78 is 40.3. The van der Waals surface area contributed by atoms with Gasteiger partial charge >= 0.3 is 0 Å². The van der Waals surface area contributed by atoms with Crippen molar-refractivity contribution in [2.45, 2.75) is 17.3 Å². The molecule has 0 atom stereocenters. The first kappa shape index (κ1) is 16.9. The fraction of sp³-hybridized carbons (Fsp3) is 0.231. The smallest absolute Gasteiger partial charge is 0.207 e. The van der Waals surface area contributed by atoms with E-state index in [9.17, 15) is 12.8 Å². The Bertz CT molecular complexity index is 748. The van der Waals surface area contributed by atoms with Crippen molar-refractivity contribution in [2.75, 3.05) is 7.05 Å². The van der Waals surface area contributed by atoms with Crippen molar-refractivity contribution in [3.63, 3.8) is 0 Å². The summed E-state index contributed by atoms with van der Waals surface area (Å²) in [7, 11) is -2.28. The molecular formula is C13H12BrClFNO2S2. The molecule has 3 nitrogen and oxygen atoms in total. The molecule has 0 unspecified atom stereocenters. The second-order valence-electron chi connectivity index (χ2n) is 4.34. The Balaban J connectivity index is 2.30. The van der Waals surface area contributed by atoms with E-state index in [1.807, 2.05) is 0 Å². The molecule has 2 rings (SSSR count). The van der Waals surface area contributed by atoms with E-state index < -0.39 is 15.8 Å². The largest absolute Gasteiger partial charge is 0.245 e. The van der Waals surface area contributed by atoms with Gasteiger partial charge in [-0.15, -0.1) is 22.9 Å². The van der Waals surface area contributed by atoms with Crippen molar-refractivity contribution in [2.24, 2.45) is 0 Å². The van der Waals surface area contributed by atoms with Crippen LogP contribution in [0.5, 0.6) is 0 Å². The molecule has 0 saturated heterocycles. The van der Waals surface area contributed by atoms with Crippen LogP contribution in [0.2, 0.25) is 0 Å². The number of hydrogen-bond donors (Lipinski definition) is 0. The van der Waals surface area contributed by atoms with Gasteiger partial charge < -0.3 is 0 Å². The molecule has 0 fully saturated rings. The minimum Gasteiger partial charge on any atom is -0.207 e. The molecule has 2 aromatic rings. The van der Waals surface area contributed by atoms with Gasteiger partial charge in [0.15, 0.2) is 0 Å². The van der Waals surface area contributed by atoms with Crippen molar-refractivity contribution in [1.29, 1.82) is 0 Å². The Morgan fingerprint density at radius 3 is 2.62 bits per heavy atom. The first-order chi connectivity index (χ1) is 9.86. The van der Waals surface area contributed by atoms with Gasteiger partial charge in [0.05, 0.1) is 9.67 Å². The zero-order valence-corrected chi connectivity index (χ0v) is 15.0. The summed E-state index contributed by atoms with van der Waals surface area (Å²) in [6, 6.07) is 7.64. The maximum atomic E-state index is 13.6. The summed E-state index contributed by atoms with van der Waals surface area (Å²) in [4.78, 5) is 0.906. The molecule has 8 heteroatoms. The fourth-order valence-electron chi connectivity index (χ4n) is 1.76. The van der Waals surface area contributed by atoms with Crippen molar-refractivity contribution in [3.05, 3.63) is 50.4 Å². The number of nitrogens with zero attached hydrogens (tertiary/aromatic N) is 1. The molecule has 1 heterocycles. The predicted octanol–water partition coefficient (Wildman–Crippen LogP) is 4.21. The number of thiophene rings is 1. The molecule has 0 saturated carbocycles. The summed E-state index contributed by atoms with van der Waals surface area (Å²) in [6.45, 7) is -0.0342. The van der Waals surface area contributed by atoms with Crippen molar-refractivity contribution in [1.82, 2.24) is 4.31 Å². The number of rotatable bonds is 5. The molecule has 114 valence electrons. The van der Waals surface area contributed by atoms with Crippen LogP contribution in [-0.2, 0) is 22.4 Å². The highest BCUT2D eigenvalue weighted by Gasteiger charge is 2.26. The third-order valence-electron chi connectivity index (χ3n) is 2.88. The van der Waals surface area contributed by atoms with Crippen molar-refractivity contribution in [3.8, 4) is 0 Å². The molecule has 0 N–H and O–H groups in total. The van der Waals surface area contributed by atoms with Crippen LogP contribution < -0.4 is 0 Å². The molecule has 0 aliphatic carbocycles. The van der Waals surface area contributed by atoms with Gasteiger partial charge in [0.25, 0.3) is 0 Å². The number of sulfonamides is 1. The maximum Gasteiger partial charge on any atom is 0.245 e. The molecule has 0 spiro atoms. The standard InChI is InChI=1S/C13H12BrClFNO2S2/c1-17(8-9-4-2-3-5-11(9)16)21(18,19)12-6-10(7-15)20-13(12)14/h2-6H,7-8H2,1H3. The first-order valence-electron chi connectivity index (χ1n) is 5.90. The number of hydrogen-bond acceptors (Lipinski definition) is 3. The van der Waals surface area contributed by atoms with Gasteiger partial charge in [0.1, 0.15) is 10.7 Å². The van der Waals surface area contributed by atoms with E-state index in [0.29, 0.717) is 9.35 Å². The molecule has 0 radical (unpaired) electrons. The van der Waals surface area contributed by atoms with E-state index in [4.69, 9.17) is 11.6 Å². The third kappa shape index (κ3) is 3.65. The van der Waals surface area contributed by atoms with E-state index in [-0.39, 0.29) is 17.3 Å². The van der Waals surface area contributed by atoms with Crippen LogP contribution in [0.1, 0.15) is 10.4 Å². The molecule has 1 aromatic heterocycles. The second kappa shape index (κ2) is 6.75. The number of alkyl halides is 1. The normalized spacial score (nSPS) is 12.0. The molecule has 1 aromatic carbocycles. The molecule has 0 aliphatic rings. The average Bonchev–Trinajstić information content (AvgIpc) is 2.83. The lowest BCUT2D eigenvalue weighted by Gasteiger charge is -2.17. The Kier molecular flexibility index (Phi) is 5.43. The van der Waals surface area contributed by atoms with Crippen molar-refractivity contribution < 1.29 is 12.8 Å². The summed E-state index contributed by atoms with van der Waals surface area (Å²) in [5.41, 5.74) is 0.326. The summed E-state index contributed by atoms with van der Waals surface area (Å²) in [5.74, 6) is -0.180. The van der Waals surface area contributed by atoms with Crippen LogP contribution in [0.4, 0.5) is 4.39 Å². The quantitative estimate of drug-likeness (QED) is 0.690. The number of benzene rings is 1. The second-order valence-corrected chi connectivity index (χ2v) is 9.07. The van der Waals surface area contributed by atoms with E-state index in [1.165, 1.54) is 30.5 Å². The zero-order valence-electron chi connectivity index (χ0n) is 11.0. The van der Waals surface area contributed by atoms with Crippen LogP contribution in [-0.4, -0.2) is 19.8 Å². The van der Waals surface area contributed by atoms with Crippen LogP contribution >= 0.6 is 38.9 Å². The molecule has 0 bridgehead atoms. The minimum absolute atomic E-state index is 0.0342. The highest BCUT2D eigenvalue weighted by Crippen LogP contribution is 2.34.